The second-order valence-electron chi connectivity index (χ2n) is 27.2. The summed E-state index contributed by atoms with van der Waals surface area (Å²) in [6.45, 7) is 1.06. The van der Waals surface area contributed by atoms with Gasteiger partial charge < -0.3 is 121 Å². The van der Waals surface area contributed by atoms with Crippen LogP contribution >= 0.6 is 0 Å². The number of aliphatic hydroxyl groups excluding tert-OH is 1. The van der Waals surface area contributed by atoms with Crippen molar-refractivity contribution in [2.45, 2.75) is 209 Å². The summed E-state index contributed by atoms with van der Waals surface area (Å²) >= 11 is 0. The number of rotatable bonds is 35. The first kappa shape index (κ1) is 94.7. The molecule has 4 rings (SSSR count). The largest absolute Gasteiger partial charge is 0.481 e. The lowest BCUT2D eigenvalue weighted by Crippen LogP contribution is -2.61. The quantitative estimate of drug-likeness (QED) is 0.0113. The molecule has 0 bridgehead atoms. The number of aliphatic hydroxyl groups is 1. The van der Waals surface area contributed by atoms with Gasteiger partial charge in [0.25, 0.3) is 0 Å². The van der Waals surface area contributed by atoms with Gasteiger partial charge in [-0.3, -0.25) is 91.1 Å². The molecule has 630 valence electrons. The van der Waals surface area contributed by atoms with E-state index < -0.39 is 262 Å². The van der Waals surface area contributed by atoms with Crippen molar-refractivity contribution in [1.29, 1.82) is 0 Å². The number of unbranched alkanes of at least 4 members (excludes halogenated alkanes) is 6. The lowest BCUT2D eigenvalue weighted by atomic mass is 9.96. The SMILES string of the molecule is CCCCCCCCCC(=O)NC(Cc1c[nH]c2ccccc12)C(=O)NC(CC(=O)O)C(=O)NC(CC(=O)O)C(=O)NC1C(=O)NCC(=O)NC(CCCN)C(=O)NC(CC(=O)O)C(=O)NC(C)C(=O)NC(CC(=O)O)C(=O)NCC(=O)NC(CO)C(=O)NC(C(C)CC(=O)O)C(=O)NC(CC(=O)c2ccccc2N)C(=O)OC1C. The summed E-state index contributed by atoms with van der Waals surface area (Å²) in [7, 11) is 0. The Morgan fingerprint density at radius 3 is 1.64 bits per heavy atom. The van der Waals surface area contributed by atoms with Crippen molar-refractivity contribution in [1.82, 2.24) is 74.1 Å². The van der Waals surface area contributed by atoms with E-state index in [1.165, 1.54) is 24.3 Å². The molecule has 2 heterocycles. The fraction of sp³-hybridized carbons (Fsp3) is 0.528. The molecule has 13 amide bonds. The van der Waals surface area contributed by atoms with Crippen molar-refractivity contribution >= 4 is 135 Å². The summed E-state index contributed by atoms with van der Waals surface area (Å²) in [5, 5.41) is 88.5. The Bertz CT molecular complexity index is 4040. The van der Waals surface area contributed by atoms with Gasteiger partial charge >= 0.3 is 35.8 Å². The number of carboxylic acids is 5. The van der Waals surface area contributed by atoms with E-state index in [0.29, 0.717) is 29.3 Å². The molecule has 0 saturated carbocycles. The minimum absolute atomic E-state index is 0.0386. The van der Waals surface area contributed by atoms with Crippen LogP contribution in [-0.2, 0) is 102 Å². The van der Waals surface area contributed by atoms with Gasteiger partial charge in [-0.1, -0.05) is 82.7 Å². The third-order valence-electron chi connectivity index (χ3n) is 17.8. The first-order chi connectivity index (χ1) is 54.4. The van der Waals surface area contributed by atoms with E-state index in [1.807, 2.05) is 21.3 Å². The molecule has 3 aromatic rings. The molecule has 2 aromatic carbocycles. The number of para-hydroxylation sites is 2. The minimum Gasteiger partial charge on any atom is -0.481 e. The number of esters is 1. The summed E-state index contributed by atoms with van der Waals surface area (Å²) in [5.41, 5.74) is 12.4. The van der Waals surface area contributed by atoms with Crippen molar-refractivity contribution in [3.8, 4) is 0 Å². The number of hydrogen-bond donors (Lipinski definition) is 22. The molecular formula is C72H100N16O27. The van der Waals surface area contributed by atoms with Gasteiger partial charge in [-0.25, -0.2) is 4.79 Å². The molecule has 0 spiro atoms. The fourth-order valence-corrected chi connectivity index (χ4v) is 11.7. The van der Waals surface area contributed by atoms with Crippen LogP contribution in [0.25, 0.3) is 10.9 Å². The number of Topliss-reactive ketones (excluding diaryl/α,β-unsaturated/α-hetero) is 1. The Morgan fingerprint density at radius 1 is 0.530 bits per heavy atom. The maximum atomic E-state index is 14.8. The van der Waals surface area contributed by atoms with Gasteiger partial charge in [0.1, 0.15) is 72.6 Å². The molecule has 115 heavy (non-hydrogen) atoms. The Balaban J connectivity index is 1.87. The van der Waals surface area contributed by atoms with Crippen LogP contribution < -0.4 is 80.6 Å². The molecular weight excluding hydrogens is 1520 g/mol. The first-order valence-electron chi connectivity index (χ1n) is 36.8. The number of benzene rings is 2. The summed E-state index contributed by atoms with van der Waals surface area (Å²) < 4.78 is 5.67. The van der Waals surface area contributed by atoms with Crippen LogP contribution in [0.15, 0.2) is 54.7 Å². The number of cyclic esters (lactones) is 1. The average Bonchev–Trinajstić information content (AvgIpc) is 1.72. The molecule has 24 N–H and O–H groups in total. The molecule has 43 nitrogen and oxygen atoms in total. The highest BCUT2D eigenvalue weighted by atomic mass is 16.5. The summed E-state index contributed by atoms with van der Waals surface area (Å²) in [6.07, 6.45) is -2.79. The van der Waals surface area contributed by atoms with Crippen LogP contribution in [0, 0.1) is 5.92 Å². The molecule has 1 aliphatic heterocycles. The number of anilines is 1. The van der Waals surface area contributed by atoms with Crippen molar-refractivity contribution < 1.29 is 131 Å². The number of hydrogen-bond acceptors (Lipinski definition) is 24. The average molecular weight is 1620 g/mol. The number of nitrogen functional groups attached to an aromatic ring is 1. The zero-order valence-corrected chi connectivity index (χ0v) is 63.5. The van der Waals surface area contributed by atoms with E-state index in [-0.39, 0.29) is 37.1 Å². The number of ketones is 1. The second-order valence-corrected chi connectivity index (χ2v) is 27.2. The van der Waals surface area contributed by atoms with E-state index in [1.54, 1.807) is 30.5 Å². The number of ether oxygens (including phenoxy) is 1. The van der Waals surface area contributed by atoms with Crippen LogP contribution in [0.5, 0.6) is 0 Å². The van der Waals surface area contributed by atoms with Gasteiger partial charge in [0.2, 0.25) is 76.8 Å². The number of carbonyl (C=O) groups excluding carboxylic acids is 15. The van der Waals surface area contributed by atoms with E-state index in [2.05, 4.69) is 59.8 Å². The predicted octanol–water partition coefficient (Wildman–Crippen LogP) is -5.02. The molecule has 13 unspecified atom stereocenters. The Morgan fingerprint density at radius 2 is 1.05 bits per heavy atom. The highest BCUT2D eigenvalue weighted by molar-refractivity contribution is 6.05. The number of aromatic nitrogens is 1. The van der Waals surface area contributed by atoms with E-state index in [9.17, 15) is 127 Å². The van der Waals surface area contributed by atoms with Crippen LogP contribution in [-0.4, -0.2) is 253 Å². The zero-order chi connectivity index (χ0) is 85.8. The van der Waals surface area contributed by atoms with E-state index >= 15 is 0 Å². The molecule has 0 aliphatic carbocycles. The highest BCUT2D eigenvalue weighted by Gasteiger charge is 2.41. The molecule has 13 atom stereocenters. The van der Waals surface area contributed by atoms with Crippen molar-refractivity contribution in [3.05, 3.63) is 65.9 Å². The maximum absolute atomic E-state index is 14.8. The second kappa shape index (κ2) is 47.6. The van der Waals surface area contributed by atoms with Gasteiger partial charge in [-0.2, -0.15) is 0 Å². The normalized spacial score (nSPS) is 21.2. The Kier molecular flexibility index (Phi) is 39.2. The summed E-state index contributed by atoms with van der Waals surface area (Å²) in [6, 6.07) is -10.9. The highest BCUT2D eigenvalue weighted by Crippen LogP contribution is 2.22. The van der Waals surface area contributed by atoms with Crippen molar-refractivity contribution in [3.63, 3.8) is 0 Å². The Labute approximate surface area is 656 Å². The van der Waals surface area contributed by atoms with Gasteiger partial charge in [-0.15, -0.1) is 0 Å². The van der Waals surface area contributed by atoms with Gasteiger partial charge in [0.15, 0.2) is 5.78 Å². The van der Waals surface area contributed by atoms with Gasteiger partial charge in [0.05, 0.1) is 51.8 Å². The maximum Gasteiger partial charge on any atom is 0.329 e. The first-order valence-corrected chi connectivity index (χ1v) is 36.8. The van der Waals surface area contributed by atoms with Crippen LogP contribution in [0.2, 0.25) is 0 Å². The third-order valence-corrected chi connectivity index (χ3v) is 17.8. The van der Waals surface area contributed by atoms with Crippen LogP contribution in [0.1, 0.15) is 146 Å². The van der Waals surface area contributed by atoms with Crippen LogP contribution in [0.4, 0.5) is 5.69 Å². The molecule has 1 aliphatic rings. The van der Waals surface area contributed by atoms with Gasteiger partial charge in [0, 0.05) is 47.6 Å². The smallest absolute Gasteiger partial charge is 0.329 e. The number of amides is 13. The van der Waals surface area contributed by atoms with Crippen molar-refractivity contribution in [2.75, 3.05) is 32.0 Å². The standard InChI is InChI=1S/C72H100N16O27/c1-5-6-7-8-9-10-11-22-52(91)80-44(25-38-31-75-42-20-15-13-17-39(38)42)66(108)84-47(29-58(100)101)67(109)85-48(30-59(102)103)68(110)88-61-37(4)115-72(114)49(26-51(90)40-18-12-14-19-41(40)74)86-71(113)60(35(2)24-55(94)95)87-69(111)50(34-89)81-54(93)32-76-63(105)45(27-56(96)97)82-62(104)36(3)78-65(107)46(28-57(98)99)83-64(106)43(21-16-23-73)79-53(92)33-77-70(61)112/h12-15,17-20,31,35-37,43-50,60-61,75,89H,5-11,16,21-30,32-34,73-74H2,1-4H3,(H,76,105)(H,77,112)(H,78,107)(H,79,92)(H,80,91)(H,81,93)(H,82,104)(H,83,106)(H,84,108)(H,85,109)(H,86,113)(H,87,111)(H,88,110)(H,94,95)(H,96,97)(H,98,99)(H,100,101)(H,102,103). The molecule has 0 radical (unpaired) electrons. The molecule has 43 heteroatoms. The molecule has 1 aromatic heterocycles. The van der Waals surface area contributed by atoms with Crippen LogP contribution in [0.3, 0.4) is 0 Å². The lowest BCUT2D eigenvalue weighted by Gasteiger charge is -2.30. The Hall–Kier alpha value is -12.7. The lowest BCUT2D eigenvalue weighted by molar-refractivity contribution is -0.156. The number of nitrogens with two attached hydrogens (primary N) is 2. The van der Waals surface area contributed by atoms with Gasteiger partial charge in [-0.05, 0) is 69.3 Å². The number of carboxylic acid groups (broad SMARTS) is 5. The molecule has 1 fully saturated rings. The topological polar surface area (TPSA) is 696 Å². The zero-order valence-electron chi connectivity index (χ0n) is 63.5. The number of H-pyrrole nitrogens is 1. The third kappa shape index (κ3) is 32.5. The minimum atomic E-state index is -2.47. The summed E-state index contributed by atoms with van der Waals surface area (Å²) in [5.74, 6) is -30.6. The van der Waals surface area contributed by atoms with Crippen molar-refractivity contribution in [2.24, 2.45) is 11.7 Å². The number of nitrogens with one attached hydrogen (secondary N) is 14. The molecule has 1 saturated heterocycles. The fourth-order valence-electron chi connectivity index (χ4n) is 11.7. The van der Waals surface area contributed by atoms with E-state index in [4.69, 9.17) is 16.2 Å². The number of fused-ring (bicyclic) bond motifs is 1. The van der Waals surface area contributed by atoms with E-state index in [0.717, 1.165) is 52.9 Å². The number of aromatic amines is 1. The predicted molar refractivity (Wildman–Crippen MR) is 399 cm³/mol. The number of aliphatic carboxylic acids is 5. The number of carbonyl (C=O) groups is 20. The summed E-state index contributed by atoms with van der Waals surface area (Å²) in [4.78, 5) is 276. The monoisotopic (exact) mass is 1620 g/mol.